The molecule has 80 heavy (non-hydrogen) atoms. The van der Waals surface area contributed by atoms with Crippen LogP contribution in [-0.2, 0) is 59.0 Å². The van der Waals surface area contributed by atoms with E-state index >= 15 is 0 Å². The average Bonchev–Trinajstić information content (AvgIpc) is 2.46. The Morgan fingerprint density at radius 2 is 0.550 bits per heavy atom. The van der Waals surface area contributed by atoms with E-state index in [1.807, 2.05) is 0 Å². The van der Waals surface area contributed by atoms with Gasteiger partial charge in [-0.25, -0.2) is 0 Å². The third-order valence-corrected chi connectivity index (χ3v) is 26.3. The van der Waals surface area contributed by atoms with Crippen molar-refractivity contribution in [2.75, 3.05) is 0 Å². The fraction of sp³-hybridized carbons (Fsp3) is 0.227. The fourth-order valence-corrected chi connectivity index (χ4v) is 23.0. The molecule has 0 spiro atoms. The van der Waals surface area contributed by atoms with Crippen molar-refractivity contribution in [1.29, 1.82) is 0 Å². The number of allylic oxidation sites excluding steroid dienone is 4. The summed E-state index contributed by atoms with van der Waals surface area (Å²) in [5.41, 5.74) is 29.8. The van der Waals surface area contributed by atoms with Crippen molar-refractivity contribution in [3.8, 4) is 0 Å². The average molecular weight is 1160 g/mol. The molecule has 0 N–H and O–H groups in total. The zero-order valence-corrected chi connectivity index (χ0v) is 53.3. The molecule has 1 aliphatic rings. The fourth-order valence-electron chi connectivity index (χ4n) is 13.6. The first-order valence-corrected chi connectivity index (χ1v) is 30.7. The maximum absolute atomic E-state index is 3.71. The van der Waals surface area contributed by atoms with Crippen molar-refractivity contribution in [3.63, 3.8) is 0 Å². The SMILES string of the molecule is CC1=C(C)C(C)([Si](c2c(C)c(C)cc(Cc3ccccc3)c2Cc2ccccc2)(c2c(C)c(C)cc(Cc3ccccc3)c2Cc2ccccc2)c2c(C)c(C)cc(Cc3ccccc3)c2Cc2ccccc2)[C]([Ti+3])=C1C.[Cl-].[Cl-].[Cl-]. The minimum atomic E-state index is -3.71. The molecule has 9 aromatic rings. The van der Waals surface area contributed by atoms with Gasteiger partial charge in [0.25, 0.3) is 0 Å². The summed E-state index contributed by atoms with van der Waals surface area (Å²) in [4.78, 5) is 0. The molecule has 0 nitrogen and oxygen atoms in total. The second-order valence-electron chi connectivity index (χ2n) is 22.6. The van der Waals surface area contributed by atoms with Crippen LogP contribution in [0.25, 0.3) is 0 Å². The van der Waals surface area contributed by atoms with Gasteiger partial charge >= 0.3 is 478 Å². The van der Waals surface area contributed by atoms with Crippen molar-refractivity contribution in [2.24, 2.45) is 0 Å². The van der Waals surface area contributed by atoms with Gasteiger partial charge in [-0.2, -0.15) is 0 Å². The summed E-state index contributed by atoms with van der Waals surface area (Å²) < 4.78 is 1.52. The second-order valence-corrected chi connectivity index (χ2v) is 27.4. The molecule has 404 valence electrons. The molecular weight excluding hydrogens is 1080 g/mol. The molecule has 0 radical (unpaired) electrons. The van der Waals surface area contributed by atoms with Crippen LogP contribution in [0.2, 0.25) is 5.04 Å². The zero-order valence-electron chi connectivity index (χ0n) is 48.4. The van der Waals surface area contributed by atoms with Crippen LogP contribution in [0.4, 0.5) is 0 Å². The molecule has 0 aliphatic heterocycles. The normalized spacial score (nSPS) is 14.2. The summed E-state index contributed by atoms with van der Waals surface area (Å²) in [5, 5.41) is 4.41. The van der Waals surface area contributed by atoms with Gasteiger partial charge in [-0.15, -0.1) is 0 Å². The Hall–Kier alpha value is -5.74. The Morgan fingerprint density at radius 3 is 0.762 bits per heavy atom. The molecule has 9 aromatic carbocycles. The number of aryl methyl sites for hydroxylation is 3. The molecule has 0 saturated carbocycles. The standard InChI is InChI=1S/C75H75Si.3ClH.Ti/c1-51-41-66(44-60-29-17-11-18-30-60)69(47-63-35-23-14-24-36-63)72(56(51)6)76(75(10)50-54(4)55(5)59(75)9,73-57(7)52(2)42-67(45-61-31-19-12-20-32-61)70(73)48-64-37-25-15-26-38-64)74-58(8)53(3)43-68(46-62-33-21-13-22-34-62)71(74)49-65-39-27-16-28-40-65;;;;/h11-43H,44-49H2,1-10H3;3*1H;/q;;;;+3/p-3. The summed E-state index contributed by atoms with van der Waals surface area (Å²) >= 11 is 2.55. The van der Waals surface area contributed by atoms with E-state index in [2.05, 4.69) is 290 Å². The van der Waals surface area contributed by atoms with Gasteiger partial charge in [-0.05, 0) is 0 Å². The van der Waals surface area contributed by atoms with Crippen molar-refractivity contribution < 1.29 is 57.7 Å². The number of hydrogen-bond donors (Lipinski definition) is 0. The second kappa shape index (κ2) is 26.5. The first-order valence-electron chi connectivity index (χ1n) is 27.9. The van der Waals surface area contributed by atoms with Gasteiger partial charge < -0.3 is 37.2 Å². The molecule has 0 amide bonds. The summed E-state index contributed by atoms with van der Waals surface area (Å²) in [6.07, 6.45) is 5.06. The molecule has 10 rings (SSSR count). The third-order valence-electron chi connectivity index (χ3n) is 18.1. The van der Waals surface area contributed by atoms with Gasteiger partial charge in [-0.1, -0.05) is 0 Å². The van der Waals surface area contributed by atoms with Gasteiger partial charge in [0.1, 0.15) is 0 Å². The maximum Gasteiger partial charge on any atom is -1.00 e. The van der Waals surface area contributed by atoms with E-state index in [9.17, 15) is 0 Å². The van der Waals surface area contributed by atoms with Crippen molar-refractivity contribution in [1.82, 2.24) is 0 Å². The first-order chi connectivity index (χ1) is 37.2. The molecule has 0 saturated heterocycles. The van der Waals surface area contributed by atoms with Gasteiger partial charge in [0.15, 0.2) is 0 Å². The summed E-state index contributed by atoms with van der Waals surface area (Å²) in [7, 11) is -3.71. The van der Waals surface area contributed by atoms with E-state index in [1.165, 1.54) is 121 Å². The predicted octanol–water partition coefficient (Wildman–Crippen LogP) is 7.50. The topological polar surface area (TPSA) is 0 Å². The van der Waals surface area contributed by atoms with Gasteiger partial charge in [0.05, 0.1) is 0 Å². The van der Waals surface area contributed by atoms with E-state index in [0.717, 1.165) is 38.5 Å². The van der Waals surface area contributed by atoms with Crippen LogP contribution in [0.3, 0.4) is 0 Å². The van der Waals surface area contributed by atoms with Crippen LogP contribution in [0, 0.1) is 41.5 Å². The zero-order chi connectivity index (χ0) is 54.0. The predicted molar refractivity (Wildman–Crippen MR) is 327 cm³/mol. The number of benzene rings is 9. The smallest absolute Gasteiger partial charge is 1.00 e. The summed E-state index contributed by atoms with van der Waals surface area (Å²) in [6, 6.07) is 76.0. The van der Waals surface area contributed by atoms with Gasteiger partial charge in [-0.3, -0.25) is 0 Å². The van der Waals surface area contributed by atoms with E-state index in [1.54, 1.807) is 15.6 Å². The van der Waals surface area contributed by atoms with Crippen molar-refractivity contribution in [3.05, 3.63) is 321 Å². The van der Waals surface area contributed by atoms with E-state index in [-0.39, 0.29) is 37.2 Å². The van der Waals surface area contributed by atoms with E-state index < -0.39 is 13.1 Å². The van der Waals surface area contributed by atoms with E-state index in [0.29, 0.717) is 0 Å². The molecule has 5 heteroatoms. The third kappa shape index (κ3) is 11.7. The molecular formula is C75H75Cl3SiTi. The summed E-state index contributed by atoms with van der Waals surface area (Å²) in [6.45, 7) is 25.1. The molecule has 0 heterocycles. The van der Waals surface area contributed by atoms with Gasteiger partial charge in [0.2, 0.25) is 0 Å². The van der Waals surface area contributed by atoms with Crippen molar-refractivity contribution in [2.45, 2.75) is 113 Å². The minimum absolute atomic E-state index is 0. The molecule has 1 atom stereocenters. The number of halogens is 3. The Morgan fingerprint density at radius 1 is 0.325 bits per heavy atom. The Labute approximate surface area is 511 Å². The number of hydrogen-bond acceptors (Lipinski definition) is 0. The Bertz CT molecular complexity index is 3300. The van der Waals surface area contributed by atoms with Crippen LogP contribution in [-0.4, -0.2) is 8.07 Å². The minimum Gasteiger partial charge on any atom is -1.00 e. The molecule has 1 unspecified atom stereocenters. The molecule has 0 bridgehead atoms. The van der Waals surface area contributed by atoms with Crippen LogP contribution < -0.4 is 52.8 Å². The largest absolute Gasteiger partial charge is 1.00 e. The van der Waals surface area contributed by atoms with Crippen LogP contribution in [0.5, 0.6) is 0 Å². The summed E-state index contributed by atoms with van der Waals surface area (Å²) in [5.74, 6) is 0. The Balaban J connectivity index is 0.00000308. The van der Waals surface area contributed by atoms with Gasteiger partial charge in [0, 0.05) is 0 Å². The van der Waals surface area contributed by atoms with Crippen LogP contribution >= 0.6 is 0 Å². The van der Waals surface area contributed by atoms with Crippen LogP contribution in [0.1, 0.15) is 128 Å². The monoisotopic (exact) mass is 1160 g/mol. The van der Waals surface area contributed by atoms with Crippen LogP contribution in [0.15, 0.2) is 221 Å². The number of rotatable bonds is 16. The maximum atomic E-state index is 2.75. The quantitative estimate of drug-likeness (QED) is 0.0696. The first kappa shape index (κ1) is 61.9. The van der Waals surface area contributed by atoms with E-state index in [4.69, 9.17) is 0 Å². The molecule has 1 aliphatic carbocycles. The Kier molecular flexibility index (Phi) is 20.5. The molecule has 0 fully saturated rings. The molecule has 0 aromatic heterocycles. The van der Waals surface area contributed by atoms with Crippen molar-refractivity contribution >= 4 is 23.6 Å².